The SMILES string of the molecule is CCCN1CCC(N2C[C@@H](NCc3ccc(C(F)(F)F)cc3)C[C@H]2C(=O)NC(C)C)CC1. The molecule has 0 radical (unpaired) electrons. The fourth-order valence-electron chi connectivity index (χ4n) is 4.92. The van der Waals surface area contributed by atoms with Crippen molar-refractivity contribution in [2.45, 2.75) is 83.3 Å². The number of hydrogen-bond donors (Lipinski definition) is 2. The van der Waals surface area contributed by atoms with Gasteiger partial charge in [-0.1, -0.05) is 19.1 Å². The molecule has 2 N–H and O–H groups in total. The fourth-order valence-corrected chi connectivity index (χ4v) is 4.92. The standard InChI is InChI=1S/C24H37F3N4O/c1-4-11-30-12-9-21(10-13-30)31-16-20(14-22(31)23(32)29-17(2)3)28-15-18-5-7-19(8-6-18)24(25,26)27/h5-8,17,20-22,28H,4,9-16H2,1-3H3,(H,29,32)/t20-,22-/m0/s1. The van der Waals surface area contributed by atoms with Crippen LogP contribution in [0.3, 0.4) is 0 Å². The zero-order valence-corrected chi connectivity index (χ0v) is 19.4. The monoisotopic (exact) mass is 454 g/mol. The van der Waals surface area contributed by atoms with E-state index < -0.39 is 11.7 Å². The molecule has 2 aliphatic heterocycles. The number of halogens is 3. The molecule has 2 fully saturated rings. The first-order chi connectivity index (χ1) is 15.2. The number of hydrogen-bond acceptors (Lipinski definition) is 4. The van der Waals surface area contributed by atoms with Crippen LogP contribution in [0.1, 0.15) is 57.6 Å². The molecule has 2 aliphatic rings. The number of alkyl halides is 3. The second kappa shape index (κ2) is 11.0. The van der Waals surface area contributed by atoms with Crippen molar-refractivity contribution in [3.05, 3.63) is 35.4 Å². The van der Waals surface area contributed by atoms with Crippen LogP contribution >= 0.6 is 0 Å². The first kappa shape index (κ1) is 25.0. The van der Waals surface area contributed by atoms with Crippen LogP contribution in [0.5, 0.6) is 0 Å². The summed E-state index contributed by atoms with van der Waals surface area (Å²) in [5.74, 6) is 0.0785. The van der Waals surface area contributed by atoms with Crippen LogP contribution in [-0.4, -0.2) is 66.1 Å². The first-order valence-corrected chi connectivity index (χ1v) is 11.8. The van der Waals surface area contributed by atoms with Crippen molar-refractivity contribution >= 4 is 5.91 Å². The van der Waals surface area contributed by atoms with Crippen LogP contribution in [0.25, 0.3) is 0 Å². The van der Waals surface area contributed by atoms with Gasteiger partial charge in [0.25, 0.3) is 0 Å². The average Bonchev–Trinajstić information content (AvgIpc) is 3.17. The molecule has 180 valence electrons. The maximum absolute atomic E-state index is 12.9. The van der Waals surface area contributed by atoms with Gasteiger partial charge in [-0.3, -0.25) is 9.69 Å². The summed E-state index contributed by atoms with van der Waals surface area (Å²) in [6.07, 6.45) is -0.312. The van der Waals surface area contributed by atoms with Crippen molar-refractivity contribution in [1.29, 1.82) is 0 Å². The lowest BCUT2D eigenvalue weighted by atomic mass is 10.0. The van der Waals surface area contributed by atoms with Crippen LogP contribution in [0, 0.1) is 0 Å². The van der Waals surface area contributed by atoms with Crippen LogP contribution in [0.4, 0.5) is 13.2 Å². The predicted molar refractivity (Wildman–Crippen MR) is 120 cm³/mol. The van der Waals surface area contributed by atoms with Gasteiger partial charge in [0.2, 0.25) is 5.91 Å². The lowest BCUT2D eigenvalue weighted by molar-refractivity contribution is -0.137. The van der Waals surface area contributed by atoms with Gasteiger partial charge >= 0.3 is 6.18 Å². The number of likely N-dealkylation sites (tertiary alicyclic amines) is 2. The van der Waals surface area contributed by atoms with E-state index >= 15 is 0 Å². The Morgan fingerprint density at radius 3 is 2.38 bits per heavy atom. The molecule has 2 saturated heterocycles. The van der Waals surface area contributed by atoms with E-state index in [1.807, 2.05) is 13.8 Å². The highest BCUT2D eigenvalue weighted by Gasteiger charge is 2.41. The van der Waals surface area contributed by atoms with Crippen LogP contribution in [-0.2, 0) is 17.5 Å². The lowest BCUT2D eigenvalue weighted by Gasteiger charge is -2.39. The summed E-state index contributed by atoms with van der Waals surface area (Å²) in [7, 11) is 0. The summed E-state index contributed by atoms with van der Waals surface area (Å²) < 4.78 is 38.4. The summed E-state index contributed by atoms with van der Waals surface area (Å²) in [6, 6.07) is 5.75. The molecule has 5 nitrogen and oxygen atoms in total. The van der Waals surface area contributed by atoms with E-state index in [4.69, 9.17) is 0 Å². The van der Waals surface area contributed by atoms with Crippen LogP contribution in [0.15, 0.2) is 24.3 Å². The highest BCUT2D eigenvalue weighted by molar-refractivity contribution is 5.82. The van der Waals surface area contributed by atoms with Gasteiger partial charge < -0.3 is 15.5 Å². The highest BCUT2D eigenvalue weighted by Crippen LogP contribution is 2.30. The molecule has 0 spiro atoms. The Labute approximate surface area is 189 Å². The Hall–Kier alpha value is -1.64. The number of benzene rings is 1. The third-order valence-corrected chi connectivity index (χ3v) is 6.51. The third kappa shape index (κ3) is 6.68. The zero-order chi connectivity index (χ0) is 23.3. The molecule has 0 aromatic heterocycles. The minimum Gasteiger partial charge on any atom is -0.353 e. The van der Waals surface area contributed by atoms with Crippen LogP contribution < -0.4 is 10.6 Å². The largest absolute Gasteiger partial charge is 0.416 e. The molecule has 0 saturated carbocycles. The van der Waals surface area contributed by atoms with Gasteiger partial charge in [-0.25, -0.2) is 0 Å². The maximum atomic E-state index is 12.9. The van der Waals surface area contributed by atoms with Crippen molar-refractivity contribution in [2.75, 3.05) is 26.2 Å². The molecule has 1 aromatic carbocycles. The number of amides is 1. The van der Waals surface area contributed by atoms with Crippen molar-refractivity contribution in [3.63, 3.8) is 0 Å². The van der Waals surface area contributed by atoms with E-state index in [2.05, 4.69) is 27.4 Å². The summed E-state index contributed by atoms with van der Waals surface area (Å²) in [5, 5.41) is 6.55. The molecule has 1 amide bonds. The average molecular weight is 455 g/mol. The smallest absolute Gasteiger partial charge is 0.353 e. The zero-order valence-electron chi connectivity index (χ0n) is 19.4. The van der Waals surface area contributed by atoms with Crippen LogP contribution in [0.2, 0.25) is 0 Å². The van der Waals surface area contributed by atoms with Gasteiger partial charge in [0.05, 0.1) is 11.6 Å². The van der Waals surface area contributed by atoms with E-state index in [0.717, 1.165) is 63.1 Å². The quantitative estimate of drug-likeness (QED) is 0.630. The lowest BCUT2D eigenvalue weighted by Crippen LogP contribution is -2.52. The Morgan fingerprint density at radius 2 is 1.81 bits per heavy atom. The van der Waals surface area contributed by atoms with Crippen molar-refractivity contribution < 1.29 is 18.0 Å². The van der Waals surface area contributed by atoms with E-state index in [0.29, 0.717) is 19.0 Å². The Balaban J connectivity index is 1.60. The van der Waals surface area contributed by atoms with E-state index in [1.54, 1.807) is 0 Å². The second-order valence-corrected chi connectivity index (χ2v) is 9.46. The van der Waals surface area contributed by atoms with Crippen molar-refractivity contribution in [3.8, 4) is 0 Å². The van der Waals surface area contributed by atoms with Gasteiger partial charge in [-0.2, -0.15) is 13.2 Å². The second-order valence-electron chi connectivity index (χ2n) is 9.46. The molecule has 2 atom stereocenters. The minimum atomic E-state index is -4.32. The normalized spacial score (nSPS) is 23.7. The molecule has 3 rings (SSSR count). The molecule has 1 aromatic rings. The fraction of sp³-hybridized carbons (Fsp3) is 0.708. The molecule has 32 heavy (non-hydrogen) atoms. The maximum Gasteiger partial charge on any atom is 0.416 e. The van der Waals surface area contributed by atoms with E-state index in [9.17, 15) is 18.0 Å². The first-order valence-electron chi connectivity index (χ1n) is 11.8. The molecular weight excluding hydrogens is 417 g/mol. The summed E-state index contributed by atoms with van der Waals surface area (Å²) in [5.41, 5.74) is 0.181. The number of piperidine rings is 1. The highest BCUT2D eigenvalue weighted by atomic mass is 19.4. The van der Waals surface area contributed by atoms with Gasteiger partial charge in [0.15, 0.2) is 0 Å². The van der Waals surface area contributed by atoms with Crippen molar-refractivity contribution in [1.82, 2.24) is 20.4 Å². The summed E-state index contributed by atoms with van der Waals surface area (Å²) >= 11 is 0. The molecular formula is C24H37F3N4O. The Morgan fingerprint density at radius 1 is 1.16 bits per heavy atom. The number of rotatable bonds is 8. The third-order valence-electron chi connectivity index (χ3n) is 6.51. The molecule has 0 unspecified atom stereocenters. The van der Waals surface area contributed by atoms with Gasteiger partial charge in [-0.15, -0.1) is 0 Å². The van der Waals surface area contributed by atoms with Crippen molar-refractivity contribution in [2.24, 2.45) is 0 Å². The molecule has 2 heterocycles. The Bertz CT molecular complexity index is 730. The van der Waals surface area contributed by atoms with Gasteiger partial charge in [0.1, 0.15) is 0 Å². The summed E-state index contributed by atoms with van der Waals surface area (Å²) in [4.78, 5) is 17.8. The van der Waals surface area contributed by atoms with E-state index in [1.165, 1.54) is 12.1 Å². The predicted octanol–water partition coefficient (Wildman–Crippen LogP) is 3.64. The molecule has 8 heteroatoms. The summed E-state index contributed by atoms with van der Waals surface area (Å²) in [6.45, 7) is 10.7. The molecule has 0 bridgehead atoms. The number of carbonyl (C=O) groups is 1. The Kier molecular flexibility index (Phi) is 8.58. The minimum absolute atomic E-state index is 0.0785. The number of nitrogens with zero attached hydrogens (tertiary/aromatic N) is 2. The molecule has 0 aliphatic carbocycles. The van der Waals surface area contributed by atoms with E-state index in [-0.39, 0.29) is 24.0 Å². The number of nitrogens with one attached hydrogen (secondary N) is 2. The van der Waals surface area contributed by atoms with Gasteiger partial charge in [-0.05, 0) is 76.9 Å². The van der Waals surface area contributed by atoms with Gasteiger partial charge in [0, 0.05) is 31.2 Å². The topological polar surface area (TPSA) is 47.6 Å². The number of carbonyl (C=O) groups excluding carboxylic acids is 1.